The molecule has 0 N–H and O–H groups in total. The summed E-state index contributed by atoms with van der Waals surface area (Å²) >= 11 is 0. The lowest BCUT2D eigenvalue weighted by atomic mass is 10.2. The van der Waals surface area contributed by atoms with Gasteiger partial charge in [-0.2, -0.15) is 0 Å². The van der Waals surface area contributed by atoms with Gasteiger partial charge in [-0.3, -0.25) is 4.79 Å². The van der Waals surface area contributed by atoms with E-state index in [0.29, 0.717) is 13.0 Å². The van der Waals surface area contributed by atoms with E-state index in [1.54, 1.807) is 0 Å². The molecule has 102 valence electrons. The van der Waals surface area contributed by atoms with Crippen LogP contribution in [0.2, 0.25) is 0 Å². The molecular weight excluding hydrogens is 240 g/mol. The van der Waals surface area contributed by atoms with Crippen LogP contribution in [0, 0.1) is 0 Å². The summed E-state index contributed by atoms with van der Waals surface area (Å²) in [5.41, 5.74) is 2.21. The average Bonchev–Trinajstić information content (AvgIpc) is 2.82. The highest BCUT2D eigenvalue weighted by atomic mass is 16.5. The third-order valence-electron chi connectivity index (χ3n) is 3.11. The van der Waals surface area contributed by atoms with Crippen LogP contribution in [0.3, 0.4) is 0 Å². The van der Waals surface area contributed by atoms with E-state index in [-0.39, 0.29) is 5.97 Å². The third kappa shape index (κ3) is 3.81. The number of imidazole rings is 1. The number of unbranched alkanes of at least 4 members (excludes halogenated alkanes) is 2. The lowest BCUT2D eigenvalue weighted by Gasteiger charge is -2.04. The van der Waals surface area contributed by atoms with Gasteiger partial charge < -0.3 is 9.30 Å². The molecule has 0 bridgehead atoms. The Balaban J connectivity index is 1.73. The molecule has 1 aromatic heterocycles. The van der Waals surface area contributed by atoms with Crippen molar-refractivity contribution >= 4 is 17.0 Å². The summed E-state index contributed by atoms with van der Waals surface area (Å²) < 4.78 is 7.06. The SMILES string of the molecule is CCOC(=O)CCCCCn1cnc2ccccc21. The number of benzene rings is 1. The highest BCUT2D eigenvalue weighted by molar-refractivity contribution is 5.74. The monoisotopic (exact) mass is 260 g/mol. The number of aryl methyl sites for hydroxylation is 1. The molecule has 2 aromatic rings. The second-order valence-corrected chi connectivity index (χ2v) is 4.54. The largest absolute Gasteiger partial charge is 0.466 e. The molecule has 0 aliphatic carbocycles. The van der Waals surface area contributed by atoms with Gasteiger partial charge in [-0.15, -0.1) is 0 Å². The van der Waals surface area contributed by atoms with Gasteiger partial charge in [0.15, 0.2) is 0 Å². The number of rotatable bonds is 7. The lowest BCUT2D eigenvalue weighted by Crippen LogP contribution is -2.03. The van der Waals surface area contributed by atoms with E-state index in [1.165, 1.54) is 5.52 Å². The van der Waals surface area contributed by atoms with Crippen LogP contribution in [0.4, 0.5) is 0 Å². The Morgan fingerprint density at radius 3 is 2.95 bits per heavy atom. The van der Waals surface area contributed by atoms with Crippen LogP contribution in [0.5, 0.6) is 0 Å². The molecule has 4 heteroatoms. The first-order chi connectivity index (χ1) is 9.31. The van der Waals surface area contributed by atoms with Gasteiger partial charge in [0.25, 0.3) is 0 Å². The summed E-state index contributed by atoms with van der Waals surface area (Å²) in [7, 11) is 0. The van der Waals surface area contributed by atoms with Crippen LogP contribution in [0.1, 0.15) is 32.6 Å². The minimum atomic E-state index is -0.0874. The number of carbonyl (C=O) groups excluding carboxylic acids is 1. The Kier molecular flexibility index (Phi) is 4.95. The number of fused-ring (bicyclic) bond motifs is 1. The first kappa shape index (κ1) is 13.6. The second-order valence-electron chi connectivity index (χ2n) is 4.54. The van der Waals surface area contributed by atoms with E-state index in [9.17, 15) is 4.79 Å². The summed E-state index contributed by atoms with van der Waals surface area (Å²) in [5, 5.41) is 0. The molecule has 0 amide bonds. The molecule has 0 fully saturated rings. The molecule has 0 radical (unpaired) electrons. The minimum absolute atomic E-state index is 0.0874. The first-order valence-corrected chi connectivity index (χ1v) is 6.86. The van der Waals surface area contributed by atoms with E-state index in [4.69, 9.17) is 4.74 Å². The van der Waals surface area contributed by atoms with Crippen molar-refractivity contribution in [2.75, 3.05) is 6.61 Å². The number of hydrogen-bond acceptors (Lipinski definition) is 3. The van der Waals surface area contributed by atoms with Gasteiger partial charge in [0.05, 0.1) is 24.0 Å². The van der Waals surface area contributed by atoms with Crippen LogP contribution in [-0.2, 0) is 16.1 Å². The molecule has 0 atom stereocenters. The number of hydrogen-bond donors (Lipinski definition) is 0. The topological polar surface area (TPSA) is 44.1 Å². The van der Waals surface area contributed by atoms with E-state index in [1.807, 2.05) is 31.5 Å². The van der Waals surface area contributed by atoms with Crippen molar-refractivity contribution in [2.24, 2.45) is 0 Å². The number of esters is 1. The number of aromatic nitrogens is 2. The van der Waals surface area contributed by atoms with Crippen LogP contribution in [-0.4, -0.2) is 22.1 Å². The maximum atomic E-state index is 11.2. The van der Waals surface area contributed by atoms with E-state index >= 15 is 0 Å². The van der Waals surface area contributed by atoms with Crippen molar-refractivity contribution in [1.82, 2.24) is 9.55 Å². The predicted octanol–water partition coefficient (Wildman–Crippen LogP) is 3.16. The zero-order chi connectivity index (χ0) is 13.5. The standard InChI is InChI=1S/C15H20N2O2/c1-2-19-15(18)10-4-3-7-11-17-12-16-13-8-5-6-9-14(13)17/h5-6,8-9,12H,2-4,7,10-11H2,1H3. The molecule has 1 aromatic carbocycles. The van der Waals surface area contributed by atoms with Gasteiger partial charge in [-0.25, -0.2) is 4.98 Å². The molecule has 0 saturated carbocycles. The number of para-hydroxylation sites is 2. The maximum Gasteiger partial charge on any atom is 0.305 e. The van der Waals surface area contributed by atoms with Gasteiger partial charge >= 0.3 is 5.97 Å². The molecule has 1 heterocycles. The molecular formula is C15H20N2O2. The zero-order valence-electron chi connectivity index (χ0n) is 11.3. The van der Waals surface area contributed by atoms with Gasteiger partial charge in [-0.05, 0) is 31.9 Å². The van der Waals surface area contributed by atoms with Crippen molar-refractivity contribution in [3.63, 3.8) is 0 Å². The number of carbonyl (C=O) groups is 1. The van der Waals surface area contributed by atoms with Crippen molar-refractivity contribution < 1.29 is 9.53 Å². The molecule has 0 saturated heterocycles. The third-order valence-corrected chi connectivity index (χ3v) is 3.11. The van der Waals surface area contributed by atoms with Crippen LogP contribution < -0.4 is 0 Å². The minimum Gasteiger partial charge on any atom is -0.466 e. The number of nitrogens with zero attached hydrogens (tertiary/aromatic N) is 2. The van der Waals surface area contributed by atoms with Crippen LogP contribution in [0.25, 0.3) is 11.0 Å². The maximum absolute atomic E-state index is 11.2. The van der Waals surface area contributed by atoms with Gasteiger partial charge in [0.1, 0.15) is 0 Å². The molecule has 4 nitrogen and oxygen atoms in total. The quantitative estimate of drug-likeness (QED) is 0.567. The fourth-order valence-corrected chi connectivity index (χ4v) is 2.15. The van der Waals surface area contributed by atoms with Crippen molar-refractivity contribution in [1.29, 1.82) is 0 Å². The van der Waals surface area contributed by atoms with E-state index in [2.05, 4.69) is 15.6 Å². The van der Waals surface area contributed by atoms with Crippen LogP contribution >= 0.6 is 0 Å². The van der Waals surface area contributed by atoms with Crippen molar-refractivity contribution in [3.05, 3.63) is 30.6 Å². The van der Waals surface area contributed by atoms with Gasteiger partial charge in [0, 0.05) is 13.0 Å². The first-order valence-electron chi connectivity index (χ1n) is 6.86. The summed E-state index contributed by atoms with van der Waals surface area (Å²) in [6, 6.07) is 8.13. The zero-order valence-corrected chi connectivity index (χ0v) is 11.3. The van der Waals surface area contributed by atoms with Gasteiger partial charge in [0.2, 0.25) is 0 Å². The molecule has 19 heavy (non-hydrogen) atoms. The predicted molar refractivity (Wildman–Crippen MR) is 74.8 cm³/mol. The summed E-state index contributed by atoms with van der Waals surface area (Å²) in [4.78, 5) is 15.5. The fourth-order valence-electron chi connectivity index (χ4n) is 2.15. The highest BCUT2D eigenvalue weighted by Gasteiger charge is 2.03. The molecule has 0 spiro atoms. The van der Waals surface area contributed by atoms with E-state index < -0.39 is 0 Å². The molecule has 2 rings (SSSR count). The van der Waals surface area contributed by atoms with Crippen molar-refractivity contribution in [3.8, 4) is 0 Å². The number of ether oxygens (including phenoxy) is 1. The normalized spacial score (nSPS) is 10.8. The Hall–Kier alpha value is -1.84. The Labute approximate surface area is 113 Å². The summed E-state index contributed by atoms with van der Waals surface area (Å²) in [6.45, 7) is 3.26. The van der Waals surface area contributed by atoms with Crippen LogP contribution in [0.15, 0.2) is 30.6 Å². The fraction of sp³-hybridized carbons (Fsp3) is 0.467. The highest BCUT2D eigenvalue weighted by Crippen LogP contribution is 2.13. The summed E-state index contributed by atoms with van der Waals surface area (Å²) in [5.74, 6) is -0.0874. The molecule has 0 aliphatic rings. The lowest BCUT2D eigenvalue weighted by molar-refractivity contribution is -0.143. The Morgan fingerprint density at radius 2 is 2.11 bits per heavy atom. The van der Waals surface area contributed by atoms with E-state index in [0.717, 1.165) is 31.3 Å². The Bertz CT molecular complexity index is 534. The van der Waals surface area contributed by atoms with Gasteiger partial charge in [-0.1, -0.05) is 18.6 Å². The Morgan fingerprint density at radius 1 is 1.26 bits per heavy atom. The molecule has 0 aliphatic heterocycles. The smallest absolute Gasteiger partial charge is 0.305 e. The van der Waals surface area contributed by atoms with Crippen molar-refractivity contribution in [2.45, 2.75) is 39.2 Å². The average molecular weight is 260 g/mol. The second kappa shape index (κ2) is 6.92. The molecule has 0 unspecified atom stereocenters. The summed E-state index contributed by atoms with van der Waals surface area (Å²) in [6.07, 6.45) is 5.39.